The quantitative estimate of drug-likeness (QED) is 0.603. The maximum absolute atomic E-state index is 12.6. The molecule has 10 heteroatoms. The van der Waals surface area contributed by atoms with Gasteiger partial charge < -0.3 is 15.4 Å². The minimum absolute atomic E-state index is 0.0322. The molecule has 27 heavy (non-hydrogen) atoms. The Labute approximate surface area is 163 Å². The Morgan fingerprint density at radius 2 is 2.04 bits per heavy atom. The predicted molar refractivity (Wildman–Crippen MR) is 104 cm³/mol. The zero-order valence-corrected chi connectivity index (χ0v) is 16.7. The van der Waals surface area contributed by atoms with Gasteiger partial charge in [0.2, 0.25) is 0 Å². The zero-order chi connectivity index (χ0) is 20.0. The number of carbonyl (C=O) groups is 1. The van der Waals surface area contributed by atoms with E-state index >= 15 is 0 Å². The number of hydrogen-bond acceptors (Lipinski definition) is 6. The molecule has 0 saturated heterocycles. The molecule has 2 rings (SSSR count). The van der Waals surface area contributed by atoms with Crippen LogP contribution in [0.5, 0.6) is 5.75 Å². The fourth-order valence-electron chi connectivity index (χ4n) is 2.27. The van der Waals surface area contributed by atoms with E-state index in [1.807, 2.05) is 11.6 Å². The number of aromatic nitrogens is 1. The number of pyridine rings is 1. The number of halogens is 1. The number of sulfonamides is 1. The molecule has 146 valence electrons. The molecule has 0 spiro atoms. The van der Waals surface area contributed by atoms with Crippen molar-refractivity contribution < 1.29 is 17.9 Å². The Bertz CT molecular complexity index is 919. The first-order valence-electron chi connectivity index (χ1n) is 8.06. The van der Waals surface area contributed by atoms with Crippen LogP contribution in [0.1, 0.15) is 19.4 Å². The minimum Gasteiger partial charge on any atom is -0.478 e. The van der Waals surface area contributed by atoms with E-state index in [0.29, 0.717) is 11.4 Å². The maximum Gasteiger partial charge on any atom is 0.328 e. The van der Waals surface area contributed by atoms with Gasteiger partial charge in [-0.15, -0.1) is 0 Å². The van der Waals surface area contributed by atoms with Crippen LogP contribution in [0.25, 0.3) is 0 Å². The van der Waals surface area contributed by atoms with Crippen molar-refractivity contribution in [1.82, 2.24) is 15.0 Å². The number of nitrogens with zero attached hydrogens (tertiary/aromatic N) is 1. The van der Waals surface area contributed by atoms with Gasteiger partial charge >= 0.3 is 6.03 Å². The topological polar surface area (TPSA) is 109 Å². The molecule has 0 fully saturated rings. The number of ether oxygens (including phenoxy) is 1. The van der Waals surface area contributed by atoms with Crippen LogP contribution in [0.4, 0.5) is 16.2 Å². The van der Waals surface area contributed by atoms with Gasteiger partial charge in [0.1, 0.15) is 10.6 Å². The highest BCUT2D eigenvalue weighted by Gasteiger charge is 2.22. The zero-order valence-electron chi connectivity index (χ0n) is 15.1. The SMILES string of the molecule is Cc1cc(Nc2ccncc2S(=O)(=O)NC(=O)NC(C)C)ccc1OCCl. The molecule has 1 heterocycles. The van der Waals surface area contributed by atoms with E-state index in [1.54, 1.807) is 32.0 Å². The molecule has 0 aliphatic carbocycles. The molecular weight excluding hydrogens is 392 g/mol. The molecule has 2 amide bonds. The molecule has 0 atom stereocenters. The Hall–Kier alpha value is -2.52. The molecule has 1 aromatic heterocycles. The maximum atomic E-state index is 12.6. The fourth-order valence-corrected chi connectivity index (χ4v) is 3.41. The summed E-state index contributed by atoms with van der Waals surface area (Å²) in [5.41, 5.74) is 1.75. The average Bonchev–Trinajstić information content (AvgIpc) is 2.56. The van der Waals surface area contributed by atoms with Crippen LogP contribution in [0, 0.1) is 6.92 Å². The van der Waals surface area contributed by atoms with Crippen molar-refractivity contribution in [2.75, 3.05) is 11.4 Å². The monoisotopic (exact) mass is 412 g/mol. The standard InChI is InChI=1S/C17H21ClN4O4S/c1-11(2)20-17(23)22-27(24,25)16-9-19-7-6-14(16)21-13-4-5-15(26-10-18)12(3)8-13/h4-9,11H,10H2,1-3H3,(H,19,21)(H2,20,22,23). The number of amides is 2. The Balaban J connectivity index is 2.27. The van der Waals surface area contributed by atoms with Gasteiger partial charge in [0.15, 0.2) is 6.07 Å². The van der Waals surface area contributed by atoms with Gasteiger partial charge in [-0.1, -0.05) is 11.6 Å². The summed E-state index contributed by atoms with van der Waals surface area (Å²) < 4.78 is 32.4. The summed E-state index contributed by atoms with van der Waals surface area (Å²) in [5, 5.41) is 5.49. The smallest absolute Gasteiger partial charge is 0.328 e. The molecule has 0 aliphatic rings. The number of carbonyl (C=O) groups excluding carboxylic acids is 1. The third-order valence-electron chi connectivity index (χ3n) is 3.38. The largest absolute Gasteiger partial charge is 0.478 e. The van der Waals surface area contributed by atoms with E-state index in [2.05, 4.69) is 15.6 Å². The van der Waals surface area contributed by atoms with Crippen molar-refractivity contribution in [3.63, 3.8) is 0 Å². The summed E-state index contributed by atoms with van der Waals surface area (Å²) in [6.07, 6.45) is 2.62. The van der Waals surface area contributed by atoms with Crippen molar-refractivity contribution in [1.29, 1.82) is 0 Å². The van der Waals surface area contributed by atoms with Crippen LogP contribution < -0.4 is 20.1 Å². The van der Waals surface area contributed by atoms with E-state index in [9.17, 15) is 13.2 Å². The van der Waals surface area contributed by atoms with Crippen LogP contribution in [0.2, 0.25) is 0 Å². The lowest BCUT2D eigenvalue weighted by Crippen LogP contribution is -2.42. The second kappa shape index (κ2) is 8.92. The number of rotatable bonds is 7. The Morgan fingerprint density at radius 3 is 2.67 bits per heavy atom. The molecular formula is C17H21ClN4O4S. The van der Waals surface area contributed by atoms with Crippen molar-refractivity contribution in [3.8, 4) is 5.75 Å². The second-order valence-electron chi connectivity index (χ2n) is 5.96. The molecule has 0 bridgehead atoms. The highest BCUT2D eigenvalue weighted by Crippen LogP contribution is 2.27. The molecule has 0 unspecified atom stereocenters. The van der Waals surface area contributed by atoms with Crippen molar-refractivity contribution >= 4 is 39.0 Å². The highest BCUT2D eigenvalue weighted by molar-refractivity contribution is 7.90. The summed E-state index contributed by atoms with van der Waals surface area (Å²) in [5.74, 6) is 0.630. The number of benzene rings is 1. The average molecular weight is 413 g/mol. The van der Waals surface area contributed by atoms with Crippen LogP contribution in [-0.4, -0.2) is 31.5 Å². The summed E-state index contributed by atoms with van der Waals surface area (Å²) in [4.78, 5) is 15.5. The van der Waals surface area contributed by atoms with Crippen molar-refractivity contribution in [3.05, 3.63) is 42.2 Å². The lowest BCUT2D eigenvalue weighted by molar-refractivity contribution is 0.243. The molecule has 8 nitrogen and oxygen atoms in total. The number of aryl methyl sites for hydroxylation is 1. The van der Waals surface area contributed by atoms with Gasteiger partial charge in [-0.25, -0.2) is 17.9 Å². The third-order valence-corrected chi connectivity index (χ3v) is 4.85. The minimum atomic E-state index is -4.11. The van der Waals surface area contributed by atoms with E-state index in [4.69, 9.17) is 16.3 Å². The summed E-state index contributed by atoms with van der Waals surface area (Å²) in [7, 11) is -4.11. The Kier molecular flexibility index (Phi) is 6.86. The third kappa shape index (κ3) is 5.73. The van der Waals surface area contributed by atoms with E-state index in [0.717, 1.165) is 5.56 Å². The van der Waals surface area contributed by atoms with Gasteiger partial charge in [0.25, 0.3) is 10.0 Å². The summed E-state index contributed by atoms with van der Waals surface area (Å²) >= 11 is 5.57. The molecule has 3 N–H and O–H groups in total. The van der Waals surface area contributed by atoms with Gasteiger partial charge in [-0.3, -0.25) is 4.98 Å². The molecule has 1 aromatic carbocycles. The van der Waals surface area contributed by atoms with Crippen LogP contribution >= 0.6 is 11.6 Å². The number of urea groups is 1. The number of anilines is 2. The van der Waals surface area contributed by atoms with Gasteiger partial charge in [-0.2, -0.15) is 0 Å². The number of nitrogens with one attached hydrogen (secondary N) is 3. The van der Waals surface area contributed by atoms with Crippen molar-refractivity contribution in [2.24, 2.45) is 0 Å². The van der Waals surface area contributed by atoms with Gasteiger partial charge in [-0.05, 0) is 50.6 Å². The van der Waals surface area contributed by atoms with E-state index in [1.165, 1.54) is 18.5 Å². The summed E-state index contributed by atoms with van der Waals surface area (Å²) in [6, 6.07) is 5.77. The van der Waals surface area contributed by atoms with Gasteiger partial charge in [0.05, 0.1) is 5.69 Å². The lowest BCUT2D eigenvalue weighted by atomic mass is 10.2. The van der Waals surface area contributed by atoms with Crippen molar-refractivity contribution in [2.45, 2.75) is 31.7 Å². The predicted octanol–water partition coefficient (Wildman–Crippen LogP) is 3.11. The van der Waals surface area contributed by atoms with Crippen LogP contribution in [0.3, 0.4) is 0 Å². The second-order valence-corrected chi connectivity index (χ2v) is 7.83. The van der Waals surface area contributed by atoms with E-state index < -0.39 is 16.1 Å². The van der Waals surface area contributed by atoms with Crippen LogP contribution in [-0.2, 0) is 10.0 Å². The normalized spacial score (nSPS) is 11.1. The fraction of sp³-hybridized carbons (Fsp3) is 0.294. The van der Waals surface area contributed by atoms with Gasteiger partial charge in [0, 0.05) is 24.1 Å². The molecule has 0 aliphatic heterocycles. The summed E-state index contributed by atoms with van der Waals surface area (Å²) in [6.45, 7) is 5.29. The molecule has 2 aromatic rings. The molecule has 0 radical (unpaired) electrons. The number of hydrogen-bond donors (Lipinski definition) is 3. The first-order valence-corrected chi connectivity index (χ1v) is 10.1. The number of alkyl halides is 1. The lowest BCUT2D eigenvalue weighted by Gasteiger charge is -2.15. The Morgan fingerprint density at radius 1 is 1.30 bits per heavy atom. The van der Waals surface area contributed by atoms with E-state index in [-0.39, 0.29) is 22.7 Å². The highest BCUT2D eigenvalue weighted by atomic mass is 35.5. The first kappa shape index (κ1) is 20.8. The molecule has 0 saturated carbocycles. The first-order chi connectivity index (χ1) is 12.7. The van der Waals surface area contributed by atoms with Crippen LogP contribution in [0.15, 0.2) is 41.6 Å².